The molecule has 0 radical (unpaired) electrons. The van der Waals surface area contributed by atoms with Crippen molar-refractivity contribution in [1.82, 2.24) is 0 Å². The number of ether oxygens (including phenoxy) is 3. The Morgan fingerprint density at radius 1 is 1.37 bits per heavy atom. The molecule has 0 aliphatic rings. The van der Waals surface area contributed by atoms with E-state index in [0.717, 1.165) is 5.69 Å². The molecule has 0 saturated carbocycles. The third-order valence-electron chi connectivity index (χ3n) is 2.37. The smallest absolute Gasteiger partial charge is 0.330 e. The second kappa shape index (κ2) is 8.74. The summed E-state index contributed by atoms with van der Waals surface area (Å²) in [4.78, 5) is 11.6. The van der Waals surface area contributed by atoms with Gasteiger partial charge in [-0.3, -0.25) is 0 Å². The molecule has 0 aliphatic carbocycles. The second-order valence-corrected chi connectivity index (χ2v) is 4.23. The van der Waals surface area contributed by atoms with Crippen LogP contribution in [0.15, 0.2) is 24.3 Å². The molecule has 6 heteroatoms. The normalized spacial score (nSPS) is 11.9. The lowest BCUT2D eigenvalue weighted by Crippen LogP contribution is -2.35. The number of rotatable bonds is 8. The molecule has 0 saturated heterocycles. The van der Waals surface area contributed by atoms with Crippen LogP contribution in [0.2, 0.25) is 5.02 Å². The highest BCUT2D eigenvalue weighted by molar-refractivity contribution is 6.30. The Kier molecular flexibility index (Phi) is 7.25. The molecular weight excluding hydrogens is 270 g/mol. The minimum atomic E-state index is -0.583. The molecule has 1 aromatic rings. The first kappa shape index (κ1) is 15.8. The molecule has 106 valence electrons. The zero-order valence-electron chi connectivity index (χ0n) is 11.0. The quantitative estimate of drug-likeness (QED) is 0.585. The number of anilines is 1. The fourth-order valence-corrected chi connectivity index (χ4v) is 1.62. The average Bonchev–Trinajstić information content (AvgIpc) is 2.41. The Morgan fingerprint density at radius 2 is 2.16 bits per heavy atom. The number of esters is 1. The van der Waals surface area contributed by atoms with Crippen molar-refractivity contribution in [2.24, 2.45) is 0 Å². The maximum atomic E-state index is 11.6. The number of benzene rings is 1. The molecule has 0 fully saturated rings. The van der Waals surface area contributed by atoms with Crippen LogP contribution < -0.4 is 5.32 Å². The predicted molar refractivity (Wildman–Crippen MR) is 73.6 cm³/mol. The highest BCUT2D eigenvalue weighted by Gasteiger charge is 2.19. The molecule has 1 N–H and O–H groups in total. The van der Waals surface area contributed by atoms with Crippen LogP contribution in [0.5, 0.6) is 0 Å². The van der Waals surface area contributed by atoms with Gasteiger partial charge in [-0.05, 0) is 18.2 Å². The molecule has 5 nitrogen and oxygen atoms in total. The zero-order chi connectivity index (χ0) is 14.1. The van der Waals surface area contributed by atoms with Crippen molar-refractivity contribution in [3.8, 4) is 0 Å². The van der Waals surface area contributed by atoms with Crippen molar-refractivity contribution in [3.05, 3.63) is 29.3 Å². The van der Waals surface area contributed by atoms with Gasteiger partial charge in [0, 0.05) is 17.8 Å². The lowest BCUT2D eigenvalue weighted by Gasteiger charge is -2.17. The van der Waals surface area contributed by atoms with E-state index >= 15 is 0 Å². The molecule has 1 unspecified atom stereocenters. The highest BCUT2D eigenvalue weighted by Crippen LogP contribution is 2.16. The van der Waals surface area contributed by atoms with E-state index in [1.807, 2.05) is 6.07 Å². The van der Waals surface area contributed by atoms with Gasteiger partial charge in [-0.1, -0.05) is 17.7 Å². The molecular formula is C13H18ClNO4. The first-order valence-corrected chi connectivity index (χ1v) is 6.21. The van der Waals surface area contributed by atoms with Gasteiger partial charge in [0.25, 0.3) is 0 Å². The largest absolute Gasteiger partial charge is 0.467 e. The monoisotopic (exact) mass is 287 g/mol. The van der Waals surface area contributed by atoms with E-state index in [1.54, 1.807) is 25.3 Å². The molecule has 0 heterocycles. The van der Waals surface area contributed by atoms with Gasteiger partial charge in [0.1, 0.15) is 6.04 Å². The van der Waals surface area contributed by atoms with Gasteiger partial charge in [0.2, 0.25) is 0 Å². The number of methoxy groups -OCH3 is 2. The lowest BCUT2D eigenvalue weighted by molar-refractivity contribution is -0.143. The minimum absolute atomic E-state index is 0.197. The van der Waals surface area contributed by atoms with E-state index in [4.69, 9.17) is 25.8 Å². The predicted octanol–water partition coefficient (Wildman–Crippen LogP) is 1.96. The maximum Gasteiger partial charge on any atom is 0.330 e. The summed E-state index contributed by atoms with van der Waals surface area (Å²) < 4.78 is 14.9. The molecule has 0 aromatic heterocycles. The van der Waals surface area contributed by atoms with Crippen LogP contribution in [-0.4, -0.2) is 46.1 Å². The summed E-state index contributed by atoms with van der Waals surface area (Å²) in [5.41, 5.74) is 0.734. The molecule has 0 amide bonds. The number of nitrogens with one attached hydrogen (secondary N) is 1. The van der Waals surface area contributed by atoms with Gasteiger partial charge in [-0.25, -0.2) is 4.79 Å². The third-order valence-corrected chi connectivity index (χ3v) is 2.60. The fraction of sp³-hybridized carbons (Fsp3) is 0.462. The highest BCUT2D eigenvalue weighted by atomic mass is 35.5. The maximum absolute atomic E-state index is 11.6. The number of hydrogen-bond acceptors (Lipinski definition) is 5. The van der Waals surface area contributed by atoms with E-state index in [9.17, 15) is 4.79 Å². The number of carbonyl (C=O) groups excluding carboxylic acids is 1. The first-order chi connectivity index (χ1) is 9.17. The Morgan fingerprint density at radius 3 is 2.79 bits per heavy atom. The summed E-state index contributed by atoms with van der Waals surface area (Å²) in [7, 11) is 2.93. The lowest BCUT2D eigenvalue weighted by atomic mass is 10.2. The first-order valence-electron chi connectivity index (χ1n) is 5.84. The Balaban J connectivity index is 2.56. The van der Waals surface area contributed by atoms with Crippen LogP contribution in [0.3, 0.4) is 0 Å². The number of hydrogen-bond donors (Lipinski definition) is 1. The van der Waals surface area contributed by atoms with Crippen molar-refractivity contribution >= 4 is 23.3 Å². The molecule has 1 aromatic carbocycles. The van der Waals surface area contributed by atoms with Crippen molar-refractivity contribution in [2.45, 2.75) is 6.04 Å². The van der Waals surface area contributed by atoms with Gasteiger partial charge >= 0.3 is 5.97 Å². The van der Waals surface area contributed by atoms with Gasteiger partial charge in [-0.2, -0.15) is 0 Å². The van der Waals surface area contributed by atoms with E-state index in [0.29, 0.717) is 18.2 Å². The SMILES string of the molecule is COCCOCC(Nc1cccc(Cl)c1)C(=O)OC. The summed E-state index contributed by atoms with van der Waals surface area (Å²) in [6.45, 7) is 1.09. The van der Waals surface area contributed by atoms with E-state index in [2.05, 4.69) is 5.32 Å². The van der Waals surface area contributed by atoms with E-state index < -0.39 is 12.0 Å². The summed E-state index contributed by atoms with van der Waals surface area (Å²) in [5.74, 6) is -0.391. The summed E-state index contributed by atoms with van der Waals surface area (Å²) in [6, 6.07) is 6.52. The summed E-state index contributed by atoms with van der Waals surface area (Å²) >= 11 is 5.88. The Bertz CT molecular complexity index is 400. The van der Waals surface area contributed by atoms with Crippen LogP contribution in [0.4, 0.5) is 5.69 Å². The minimum Gasteiger partial charge on any atom is -0.467 e. The van der Waals surface area contributed by atoms with Gasteiger partial charge in [0.05, 0.1) is 26.9 Å². The molecule has 1 atom stereocenters. The van der Waals surface area contributed by atoms with Crippen LogP contribution in [0, 0.1) is 0 Å². The standard InChI is InChI=1S/C13H18ClNO4/c1-17-6-7-19-9-12(13(16)18-2)15-11-5-3-4-10(14)8-11/h3-5,8,12,15H,6-7,9H2,1-2H3. The molecule has 0 aliphatic heterocycles. The van der Waals surface area contributed by atoms with E-state index in [1.165, 1.54) is 7.11 Å². The van der Waals surface area contributed by atoms with Crippen molar-refractivity contribution in [1.29, 1.82) is 0 Å². The summed E-state index contributed by atoms with van der Waals surface area (Å²) in [6.07, 6.45) is 0. The number of carbonyl (C=O) groups is 1. The average molecular weight is 288 g/mol. The van der Waals surface area contributed by atoms with Crippen molar-refractivity contribution in [2.75, 3.05) is 39.4 Å². The third kappa shape index (κ3) is 5.92. The Hall–Kier alpha value is -1.30. The number of halogens is 1. The van der Waals surface area contributed by atoms with Gasteiger partial charge in [0.15, 0.2) is 0 Å². The topological polar surface area (TPSA) is 56.8 Å². The van der Waals surface area contributed by atoms with Crippen molar-refractivity contribution in [3.63, 3.8) is 0 Å². The second-order valence-electron chi connectivity index (χ2n) is 3.80. The zero-order valence-corrected chi connectivity index (χ0v) is 11.8. The summed E-state index contributed by atoms with van der Waals surface area (Å²) in [5, 5.41) is 3.61. The molecule has 1 rings (SSSR count). The van der Waals surface area contributed by atoms with Crippen LogP contribution in [0.1, 0.15) is 0 Å². The van der Waals surface area contributed by atoms with Crippen LogP contribution in [0.25, 0.3) is 0 Å². The van der Waals surface area contributed by atoms with Crippen LogP contribution >= 0.6 is 11.6 Å². The molecule has 0 bridgehead atoms. The van der Waals surface area contributed by atoms with Gasteiger partial charge in [-0.15, -0.1) is 0 Å². The van der Waals surface area contributed by atoms with Crippen LogP contribution in [-0.2, 0) is 19.0 Å². The molecule has 19 heavy (non-hydrogen) atoms. The Labute approximate surface area is 117 Å². The van der Waals surface area contributed by atoms with Crippen molar-refractivity contribution < 1.29 is 19.0 Å². The van der Waals surface area contributed by atoms with Gasteiger partial charge < -0.3 is 19.5 Å². The molecule has 0 spiro atoms. The van der Waals surface area contributed by atoms with E-state index in [-0.39, 0.29) is 6.61 Å². The fourth-order valence-electron chi connectivity index (χ4n) is 1.43.